The normalized spacial score (nSPS) is 10.7. The molecule has 0 atom stereocenters. The second kappa shape index (κ2) is 5.33. The zero-order chi connectivity index (χ0) is 14.8. The largest absolute Gasteiger partial charge is 0.265 e. The second-order valence-corrected chi connectivity index (χ2v) is 4.96. The molecule has 3 heterocycles. The Labute approximate surface area is 127 Å². The van der Waals surface area contributed by atoms with Crippen LogP contribution in [-0.4, -0.2) is 20.2 Å². The van der Waals surface area contributed by atoms with E-state index >= 15 is 0 Å². The summed E-state index contributed by atoms with van der Waals surface area (Å²) in [5.74, 6) is 0. The van der Waals surface area contributed by atoms with E-state index in [2.05, 4.69) is 32.3 Å². The molecule has 0 N–H and O–H groups in total. The molecule has 22 heavy (non-hydrogen) atoms. The average molecular weight is 284 g/mol. The van der Waals surface area contributed by atoms with Crippen molar-refractivity contribution in [2.24, 2.45) is 0 Å². The van der Waals surface area contributed by atoms with Gasteiger partial charge in [0.15, 0.2) is 0 Å². The van der Waals surface area contributed by atoms with E-state index in [9.17, 15) is 0 Å². The first-order valence-electron chi connectivity index (χ1n) is 6.98. The van der Waals surface area contributed by atoms with Crippen LogP contribution >= 0.6 is 0 Å². The van der Waals surface area contributed by atoms with Crippen LogP contribution in [0.5, 0.6) is 0 Å². The second-order valence-electron chi connectivity index (χ2n) is 4.96. The van der Waals surface area contributed by atoms with Gasteiger partial charge >= 0.3 is 0 Å². The van der Waals surface area contributed by atoms with E-state index < -0.39 is 0 Å². The molecule has 0 aliphatic heterocycles. The van der Waals surface area contributed by atoms with E-state index in [4.69, 9.17) is 0 Å². The van der Waals surface area contributed by atoms with Crippen LogP contribution in [-0.2, 0) is 0 Å². The van der Waals surface area contributed by atoms with Crippen LogP contribution in [0.2, 0.25) is 0 Å². The summed E-state index contributed by atoms with van der Waals surface area (Å²) in [5, 5.41) is 8.89. The van der Waals surface area contributed by atoms with Crippen LogP contribution in [0, 0.1) is 0 Å². The molecular weight excluding hydrogens is 272 g/mol. The number of rotatable bonds is 2. The Hall–Kier alpha value is -3.14. The quantitative estimate of drug-likeness (QED) is 0.562. The van der Waals surface area contributed by atoms with E-state index in [1.54, 1.807) is 24.8 Å². The van der Waals surface area contributed by atoms with Crippen molar-refractivity contribution >= 4 is 10.9 Å². The molecule has 0 fully saturated rings. The summed E-state index contributed by atoms with van der Waals surface area (Å²) in [4.78, 5) is 8.54. The molecule has 0 saturated heterocycles. The summed E-state index contributed by atoms with van der Waals surface area (Å²) in [7, 11) is 0. The smallest absolute Gasteiger partial charge is 0.0708 e. The average Bonchev–Trinajstić information content (AvgIpc) is 2.62. The third-order valence-corrected chi connectivity index (χ3v) is 3.65. The first-order valence-corrected chi connectivity index (χ1v) is 6.98. The highest BCUT2D eigenvalue weighted by Crippen LogP contribution is 2.30. The van der Waals surface area contributed by atoms with Gasteiger partial charge in [-0.3, -0.25) is 9.97 Å². The van der Waals surface area contributed by atoms with E-state index in [0.717, 1.165) is 33.2 Å². The maximum absolute atomic E-state index is 4.46. The Morgan fingerprint density at radius 3 is 2.32 bits per heavy atom. The number of hydrogen-bond acceptors (Lipinski definition) is 4. The lowest BCUT2D eigenvalue weighted by molar-refractivity contribution is 1.03. The van der Waals surface area contributed by atoms with Crippen molar-refractivity contribution < 1.29 is 0 Å². The Morgan fingerprint density at radius 1 is 0.636 bits per heavy atom. The molecule has 4 aromatic rings. The molecule has 104 valence electrons. The Balaban J connectivity index is 1.95. The molecule has 0 spiro atoms. The molecule has 4 rings (SSSR count). The van der Waals surface area contributed by atoms with Crippen LogP contribution in [0.3, 0.4) is 0 Å². The summed E-state index contributed by atoms with van der Waals surface area (Å²) in [6, 6.07) is 14.3. The molecule has 0 aliphatic rings. The van der Waals surface area contributed by atoms with Gasteiger partial charge in [0.25, 0.3) is 0 Å². The van der Waals surface area contributed by atoms with Gasteiger partial charge in [-0.05, 0) is 53.1 Å². The van der Waals surface area contributed by atoms with Crippen molar-refractivity contribution in [1.82, 2.24) is 20.2 Å². The van der Waals surface area contributed by atoms with Gasteiger partial charge in [-0.1, -0.05) is 6.07 Å². The standard InChI is InChI=1S/C18H12N4/c1-2-18-17(11-14(1)15-5-10-21-22-12-15)16(6-9-20-18)13-3-7-19-8-4-13/h1-12H. The summed E-state index contributed by atoms with van der Waals surface area (Å²) in [6.07, 6.45) is 8.92. The molecule has 4 nitrogen and oxygen atoms in total. The highest BCUT2D eigenvalue weighted by molar-refractivity contribution is 5.96. The summed E-state index contributed by atoms with van der Waals surface area (Å²) >= 11 is 0. The Bertz CT molecular complexity index is 921. The fraction of sp³-hybridized carbons (Fsp3) is 0. The predicted molar refractivity (Wildman–Crippen MR) is 86.0 cm³/mol. The minimum Gasteiger partial charge on any atom is -0.265 e. The molecule has 0 bridgehead atoms. The number of benzene rings is 1. The lowest BCUT2D eigenvalue weighted by Gasteiger charge is -2.08. The van der Waals surface area contributed by atoms with Crippen LogP contribution in [0.15, 0.2) is 73.4 Å². The minimum atomic E-state index is 0.972. The van der Waals surface area contributed by atoms with Gasteiger partial charge in [0.05, 0.1) is 17.9 Å². The summed E-state index contributed by atoms with van der Waals surface area (Å²) in [5.41, 5.74) is 5.40. The Kier molecular flexibility index (Phi) is 3.05. The SMILES string of the molecule is c1cc(-c2ccnc3ccc(-c4ccnnc4)cc23)ccn1. The van der Waals surface area contributed by atoms with Gasteiger partial charge in [-0.25, -0.2) is 0 Å². The lowest BCUT2D eigenvalue weighted by Crippen LogP contribution is -1.87. The minimum absolute atomic E-state index is 0.972. The predicted octanol–water partition coefficient (Wildman–Crippen LogP) is 3.75. The number of fused-ring (bicyclic) bond motifs is 1. The Morgan fingerprint density at radius 2 is 1.50 bits per heavy atom. The zero-order valence-corrected chi connectivity index (χ0v) is 11.7. The number of nitrogens with zero attached hydrogens (tertiary/aromatic N) is 4. The van der Waals surface area contributed by atoms with Crippen LogP contribution in [0.1, 0.15) is 0 Å². The van der Waals surface area contributed by atoms with Crippen LogP contribution in [0.4, 0.5) is 0 Å². The van der Waals surface area contributed by atoms with E-state index in [1.807, 2.05) is 36.5 Å². The van der Waals surface area contributed by atoms with Gasteiger partial charge in [0.2, 0.25) is 0 Å². The van der Waals surface area contributed by atoms with Gasteiger partial charge in [0.1, 0.15) is 0 Å². The topological polar surface area (TPSA) is 51.6 Å². The molecule has 4 heteroatoms. The molecule has 1 aromatic carbocycles. The van der Waals surface area contributed by atoms with Crippen molar-refractivity contribution in [3.05, 3.63) is 73.4 Å². The van der Waals surface area contributed by atoms with Crippen LogP contribution < -0.4 is 0 Å². The molecule has 3 aromatic heterocycles. The molecule has 0 amide bonds. The van der Waals surface area contributed by atoms with Crippen molar-refractivity contribution in [2.75, 3.05) is 0 Å². The number of aromatic nitrogens is 4. The van der Waals surface area contributed by atoms with Gasteiger partial charge in [-0.2, -0.15) is 10.2 Å². The molecular formula is C18H12N4. The summed E-state index contributed by atoms with van der Waals surface area (Å²) < 4.78 is 0. The van der Waals surface area contributed by atoms with E-state index in [1.165, 1.54) is 0 Å². The zero-order valence-electron chi connectivity index (χ0n) is 11.7. The lowest BCUT2D eigenvalue weighted by atomic mass is 9.99. The first-order chi connectivity index (χ1) is 10.9. The monoisotopic (exact) mass is 284 g/mol. The third kappa shape index (κ3) is 2.20. The third-order valence-electron chi connectivity index (χ3n) is 3.65. The maximum atomic E-state index is 4.46. The van der Waals surface area contributed by atoms with Crippen molar-refractivity contribution in [3.8, 4) is 22.3 Å². The fourth-order valence-corrected chi connectivity index (χ4v) is 2.57. The van der Waals surface area contributed by atoms with Crippen LogP contribution in [0.25, 0.3) is 33.2 Å². The fourth-order valence-electron chi connectivity index (χ4n) is 2.57. The first kappa shape index (κ1) is 12.6. The van der Waals surface area contributed by atoms with Crippen molar-refractivity contribution in [1.29, 1.82) is 0 Å². The van der Waals surface area contributed by atoms with Gasteiger partial charge < -0.3 is 0 Å². The molecule has 0 aliphatic carbocycles. The summed E-state index contributed by atoms with van der Waals surface area (Å²) in [6.45, 7) is 0. The van der Waals surface area contributed by atoms with E-state index in [0.29, 0.717) is 0 Å². The van der Waals surface area contributed by atoms with Gasteiger partial charge in [0, 0.05) is 29.5 Å². The maximum Gasteiger partial charge on any atom is 0.0708 e. The molecule has 0 unspecified atom stereocenters. The van der Waals surface area contributed by atoms with Gasteiger partial charge in [-0.15, -0.1) is 0 Å². The molecule has 0 saturated carbocycles. The van der Waals surface area contributed by atoms with E-state index in [-0.39, 0.29) is 0 Å². The highest BCUT2D eigenvalue weighted by Gasteiger charge is 2.06. The number of hydrogen-bond donors (Lipinski definition) is 0. The number of pyridine rings is 2. The van der Waals surface area contributed by atoms with Crippen molar-refractivity contribution in [2.45, 2.75) is 0 Å². The van der Waals surface area contributed by atoms with Crippen molar-refractivity contribution in [3.63, 3.8) is 0 Å². The molecule has 0 radical (unpaired) electrons. The highest BCUT2D eigenvalue weighted by atomic mass is 15.1.